The molecule has 0 heterocycles. The lowest BCUT2D eigenvalue weighted by Crippen LogP contribution is -2.17. The largest absolute Gasteiger partial charge is 0.573 e. The molecule has 1 nitrogen and oxygen atoms in total. The Balaban J connectivity index is 2.31. The van der Waals surface area contributed by atoms with E-state index in [1.807, 2.05) is 6.08 Å². The Morgan fingerprint density at radius 2 is 2.00 bits per heavy atom. The fraction of sp³-hybridized carbons (Fsp3) is 0.429. The Kier molecular flexibility index (Phi) is 4.09. The fourth-order valence-corrected chi connectivity index (χ4v) is 2.48. The minimum absolute atomic E-state index is 0.00919. The zero-order valence-electron chi connectivity index (χ0n) is 10.5. The Hall–Kier alpha value is -1.16. The summed E-state index contributed by atoms with van der Waals surface area (Å²) < 4.78 is 40.6. The molecule has 0 fully saturated rings. The van der Waals surface area contributed by atoms with E-state index in [-0.39, 0.29) is 10.8 Å². The third-order valence-electron chi connectivity index (χ3n) is 3.07. The van der Waals surface area contributed by atoms with Gasteiger partial charge in [-0.05, 0) is 42.5 Å². The fourth-order valence-electron chi connectivity index (χ4n) is 2.27. The molecular weight excluding hydrogens is 277 g/mol. The van der Waals surface area contributed by atoms with Crippen molar-refractivity contribution in [3.63, 3.8) is 0 Å². The number of aryl methyl sites for hydroxylation is 1. The predicted molar refractivity (Wildman–Crippen MR) is 69.3 cm³/mol. The number of allylic oxidation sites excluding steroid dienone is 1. The lowest BCUT2D eigenvalue weighted by molar-refractivity contribution is -0.274. The van der Waals surface area contributed by atoms with Crippen molar-refractivity contribution in [1.29, 1.82) is 0 Å². The van der Waals surface area contributed by atoms with Crippen LogP contribution in [0.2, 0.25) is 5.02 Å². The summed E-state index contributed by atoms with van der Waals surface area (Å²) in [6.45, 7) is 2.10. The lowest BCUT2D eigenvalue weighted by Gasteiger charge is -2.19. The van der Waals surface area contributed by atoms with Crippen molar-refractivity contribution in [2.75, 3.05) is 0 Å². The molecule has 19 heavy (non-hydrogen) atoms. The Bertz CT molecular complexity index is 506. The van der Waals surface area contributed by atoms with Crippen LogP contribution in [-0.2, 0) is 6.42 Å². The van der Waals surface area contributed by atoms with Crippen molar-refractivity contribution in [3.05, 3.63) is 33.9 Å². The maximum absolute atomic E-state index is 12.2. The van der Waals surface area contributed by atoms with Crippen LogP contribution in [0.15, 0.2) is 17.7 Å². The van der Waals surface area contributed by atoms with Crippen molar-refractivity contribution < 1.29 is 17.9 Å². The van der Waals surface area contributed by atoms with Crippen molar-refractivity contribution >= 4 is 17.7 Å². The van der Waals surface area contributed by atoms with Gasteiger partial charge in [-0.15, -0.1) is 13.2 Å². The molecule has 0 radical (unpaired) electrons. The monoisotopic (exact) mass is 290 g/mol. The summed E-state index contributed by atoms with van der Waals surface area (Å²) in [6.07, 6.45) is 0.990. The predicted octanol–water partition coefficient (Wildman–Crippen LogP) is 5.37. The van der Waals surface area contributed by atoms with Gasteiger partial charge in [0.15, 0.2) is 0 Å². The quantitative estimate of drug-likeness (QED) is 0.727. The molecule has 0 aliphatic heterocycles. The molecule has 0 saturated carbocycles. The first kappa shape index (κ1) is 14.3. The lowest BCUT2D eigenvalue weighted by atomic mass is 9.90. The molecule has 0 unspecified atom stereocenters. The Morgan fingerprint density at radius 1 is 1.26 bits per heavy atom. The maximum Gasteiger partial charge on any atom is 0.573 e. The number of benzene rings is 1. The molecule has 1 aliphatic rings. The van der Waals surface area contributed by atoms with E-state index in [9.17, 15) is 13.2 Å². The number of hydrogen-bond acceptors (Lipinski definition) is 1. The van der Waals surface area contributed by atoms with E-state index < -0.39 is 6.36 Å². The summed E-state index contributed by atoms with van der Waals surface area (Å²) in [5.74, 6) is -0.319. The molecule has 0 saturated heterocycles. The van der Waals surface area contributed by atoms with E-state index in [0.717, 1.165) is 36.8 Å². The third-order valence-corrected chi connectivity index (χ3v) is 3.36. The van der Waals surface area contributed by atoms with Gasteiger partial charge >= 0.3 is 6.36 Å². The number of alkyl halides is 3. The van der Waals surface area contributed by atoms with E-state index in [0.29, 0.717) is 0 Å². The van der Waals surface area contributed by atoms with Crippen LogP contribution in [0.1, 0.15) is 37.3 Å². The molecule has 5 heteroatoms. The Labute approximate surface area is 115 Å². The van der Waals surface area contributed by atoms with Gasteiger partial charge in [0.05, 0.1) is 5.02 Å². The summed E-state index contributed by atoms with van der Waals surface area (Å²) in [7, 11) is 0. The van der Waals surface area contributed by atoms with Gasteiger partial charge in [0.1, 0.15) is 5.75 Å². The third kappa shape index (κ3) is 3.66. The first-order chi connectivity index (χ1) is 8.89. The van der Waals surface area contributed by atoms with Crippen molar-refractivity contribution in [2.45, 2.75) is 39.0 Å². The van der Waals surface area contributed by atoms with Gasteiger partial charge in [-0.2, -0.15) is 0 Å². The second kappa shape index (κ2) is 5.45. The van der Waals surface area contributed by atoms with Crippen LogP contribution in [0, 0.1) is 0 Å². The summed E-state index contributed by atoms with van der Waals surface area (Å²) in [5.41, 5.74) is 3.06. The van der Waals surface area contributed by atoms with Crippen molar-refractivity contribution in [3.8, 4) is 5.75 Å². The second-order valence-corrected chi connectivity index (χ2v) is 4.99. The molecule has 0 atom stereocenters. The average Bonchev–Trinajstić information content (AvgIpc) is 2.29. The SMILES string of the molecule is CCCC1=Cc2cc(Cl)c(OC(F)(F)F)cc2CC1. The summed E-state index contributed by atoms with van der Waals surface area (Å²) in [5, 5.41) is -0.00919. The highest BCUT2D eigenvalue weighted by atomic mass is 35.5. The minimum atomic E-state index is -4.71. The highest BCUT2D eigenvalue weighted by Crippen LogP contribution is 2.36. The molecule has 0 spiro atoms. The van der Waals surface area contributed by atoms with Crippen molar-refractivity contribution in [1.82, 2.24) is 0 Å². The highest BCUT2D eigenvalue weighted by molar-refractivity contribution is 6.32. The summed E-state index contributed by atoms with van der Waals surface area (Å²) in [6, 6.07) is 2.94. The molecule has 0 bridgehead atoms. The van der Waals surface area contributed by atoms with Crippen LogP contribution < -0.4 is 4.74 Å². The Morgan fingerprint density at radius 3 is 2.63 bits per heavy atom. The van der Waals surface area contributed by atoms with Gasteiger partial charge in [-0.1, -0.05) is 36.6 Å². The first-order valence-corrected chi connectivity index (χ1v) is 6.54. The van der Waals surface area contributed by atoms with Crippen LogP contribution in [0.4, 0.5) is 13.2 Å². The van der Waals surface area contributed by atoms with Crippen molar-refractivity contribution in [2.24, 2.45) is 0 Å². The summed E-state index contributed by atoms with van der Waals surface area (Å²) >= 11 is 5.84. The molecule has 0 N–H and O–H groups in total. The van der Waals surface area contributed by atoms with Gasteiger partial charge in [0, 0.05) is 0 Å². The number of hydrogen-bond donors (Lipinski definition) is 0. The van der Waals surface area contributed by atoms with Crippen LogP contribution in [-0.4, -0.2) is 6.36 Å². The maximum atomic E-state index is 12.2. The van der Waals surface area contributed by atoms with E-state index in [1.54, 1.807) is 6.07 Å². The van der Waals surface area contributed by atoms with Crippen LogP contribution in [0.3, 0.4) is 0 Å². The second-order valence-electron chi connectivity index (χ2n) is 4.58. The molecule has 1 aromatic rings. The average molecular weight is 291 g/mol. The molecule has 1 aromatic carbocycles. The van der Waals surface area contributed by atoms with Gasteiger partial charge in [-0.3, -0.25) is 0 Å². The van der Waals surface area contributed by atoms with Gasteiger partial charge in [0.25, 0.3) is 0 Å². The van der Waals surface area contributed by atoms with Crippen LogP contribution in [0.25, 0.3) is 6.08 Å². The summed E-state index contributed by atoms with van der Waals surface area (Å²) in [4.78, 5) is 0. The molecule has 0 amide bonds. The number of ether oxygens (including phenoxy) is 1. The van der Waals surface area contributed by atoms with E-state index in [1.165, 1.54) is 11.6 Å². The molecule has 1 aliphatic carbocycles. The standard InChI is InChI=1S/C14H14ClF3O/c1-2-3-9-4-5-10-8-13(19-14(16,17)18)12(15)7-11(10)6-9/h6-8H,2-5H2,1H3. The molecule has 104 valence electrons. The van der Waals surface area contributed by atoms with E-state index in [4.69, 9.17) is 11.6 Å². The van der Waals surface area contributed by atoms with Crippen LogP contribution >= 0.6 is 11.6 Å². The number of fused-ring (bicyclic) bond motifs is 1. The topological polar surface area (TPSA) is 9.23 Å². The first-order valence-electron chi connectivity index (χ1n) is 6.16. The minimum Gasteiger partial charge on any atom is -0.404 e. The zero-order valence-corrected chi connectivity index (χ0v) is 11.2. The molecular formula is C14H14ClF3O. The number of halogens is 4. The smallest absolute Gasteiger partial charge is 0.404 e. The van der Waals surface area contributed by atoms with Gasteiger partial charge in [-0.25, -0.2) is 0 Å². The number of rotatable bonds is 3. The highest BCUT2D eigenvalue weighted by Gasteiger charge is 2.32. The molecule has 0 aromatic heterocycles. The molecule has 2 rings (SSSR count). The zero-order chi connectivity index (χ0) is 14.0. The normalized spacial score (nSPS) is 14.9. The van der Waals surface area contributed by atoms with Gasteiger partial charge < -0.3 is 4.74 Å². The van der Waals surface area contributed by atoms with Gasteiger partial charge in [0.2, 0.25) is 0 Å². The van der Waals surface area contributed by atoms with E-state index >= 15 is 0 Å². The van der Waals surface area contributed by atoms with Crippen LogP contribution in [0.5, 0.6) is 5.75 Å². The van der Waals surface area contributed by atoms with E-state index in [2.05, 4.69) is 11.7 Å².